The van der Waals surface area contributed by atoms with Crippen LogP contribution in [0.25, 0.3) is 0 Å². The number of amides is 2. The molecule has 0 heterocycles. The van der Waals surface area contributed by atoms with Crippen LogP contribution in [0.3, 0.4) is 0 Å². The van der Waals surface area contributed by atoms with Crippen molar-refractivity contribution in [3.8, 4) is 11.5 Å². The molecule has 3 aromatic carbocycles. The Labute approximate surface area is 157 Å². The second kappa shape index (κ2) is 8.40. The van der Waals surface area contributed by atoms with Crippen LogP contribution < -0.4 is 20.4 Å². The Morgan fingerprint density at radius 1 is 0.926 bits per heavy atom. The molecule has 136 valence electrons. The molecule has 0 aliphatic heterocycles. The minimum Gasteiger partial charge on any atom is -0.457 e. The van der Waals surface area contributed by atoms with E-state index in [0.29, 0.717) is 22.6 Å². The highest BCUT2D eigenvalue weighted by molar-refractivity contribution is 6.58. The number of carbonyl (C=O) groups excluding carboxylic acids is 1. The second-order valence-electron chi connectivity index (χ2n) is 5.90. The van der Waals surface area contributed by atoms with Gasteiger partial charge in [-0.2, -0.15) is 0 Å². The van der Waals surface area contributed by atoms with E-state index in [1.54, 1.807) is 55.6 Å². The van der Waals surface area contributed by atoms with Crippen molar-refractivity contribution in [3.63, 3.8) is 0 Å². The van der Waals surface area contributed by atoms with Crippen molar-refractivity contribution >= 4 is 30.0 Å². The van der Waals surface area contributed by atoms with Crippen LogP contribution in [0.4, 0.5) is 16.2 Å². The van der Waals surface area contributed by atoms with Crippen molar-refractivity contribution in [2.24, 2.45) is 0 Å². The Morgan fingerprint density at radius 2 is 1.59 bits per heavy atom. The van der Waals surface area contributed by atoms with E-state index in [-0.39, 0.29) is 6.03 Å². The van der Waals surface area contributed by atoms with E-state index >= 15 is 0 Å². The van der Waals surface area contributed by atoms with Gasteiger partial charge in [-0.25, -0.2) is 4.79 Å². The topological polar surface area (TPSA) is 82.0 Å². The van der Waals surface area contributed by atoms with Crippen LogP contribution in [0.1, 0.15) is 0 Å². The van der Waals surface area contributed by atoms with Gasteiger partial charge in [0, 0.05) is 18.4 Å². The number of nitrogens with one attached hydrogen (secondary N) is 1. The van der Waals surface area contributed by atoms with E-state index in [2.05, 4.69) is 5.32 Å². The van der Waals surface area contributed by atoms with E-state index in [9.17, 15) is 14.8 Å². The number of ether oxygens (including phenoxy) is 1. The molecule has 0 bridgehead atoms. The molecule has 0 atom stereocenters. The van der Waals surface area contributed by atoms with Gasteiger partial charge in [-0.1, -0.05) is 30.3 Å². The number of para-hydroxylation sites is 1. The number of carbonyl (C=O) groups is 1. The van der Waals surface area contributed by atoms with E-state index in [0.717, 1.165) is 5.75 Å². The summed E-state index contributed by atoms with van der Waals surface area (Å²) in [5, 5.41) is 21.3. The normalized spacial score (nSPS) is 10.2. The summed E-state index contributed by atoms with van der Waals surface area (Å²) in [5.41, 5.74) is 1.47. The van der Waals surface area contributed by atoms with Crippen LogP contribution in [0.15, 0.2) is 78.9 Å². The molecule has 7 heteroatoms. The van der Waals surface area contributed by atoms with Crippen LogP contribution in [0.2, 0.25) is 0 Å². The Bertz CT molecular complexity index is 901. The molecule has 0 saturated heterocycles. The molecule has 0 radical (unpaired) electrons. The summed E-state index contributed by atoms with van der Waals surface area (Å²) < 4.78 is 5.72. The fraction of sp³-hybridized carbons (Fsp3) is 0.0500. The molecule has 0 spiro atoms. The maximum absolute atomic E-state index is 12.4. The van der Waals surface area contributed by atoms with Crippen LogP contribution in [-0.2, 0) is 0 Å². The predicted molar refractivity (Wildman–Crippen MR) is 107 cm³/mol. The number of benzene rings is 3. The van der Waals surface area contributed by atoms with Gasteiger partial charge in [0.25, 0.3) is 0 Å². The van der Waals surface area contributed by atoms with Gasteiger partial charge >= 0.3 is 13.1 Å². The van der Waals surface area contributed by atoms with E-state index < -0.39 is 7.12 Å². The Hall–Kier alpha value is -3.29. The van der Waals surface area contributed by atoms with Crippen LogP contribution in [-0.4, -0.2) is 30.2 Å². The molecule has 3 rings (SSSR count). The predicted octanol–water partition coefficient (Wildman–Crippen LogP) is 2.83. The summed E-state index contributed by atoms with van der Waals surface area (Å²) in [6.07, 6.45) is 0. The number of nitrogens with zero attached hydrogens (tertiary/aromatic N) is 1. The third kappa shape index (κ3) is 4.87. The highest BCUT2D eigenvalue weighted by Gasteiger charge is 2.15. The molecule has 0 saturated carbocycles. The average Bonchev–Trinajstić information content (AvgIpc) is 2.69. The number of anilines is 2. The first kappa shape index (κ1) is 18.5. The number of hydrogen-bond acceptors (Lipinski definition) is 4. The summed E-state index contributed by atoms with van der Waals surface area (Å²) in [7, 11) is 0.0176. The van der Waals surface area contributed by atoms with Crippen molar-refractivity contribution in [2.45, 2.75) is 0 Å². The monoisotopic (exact) mass is 362 g/mol. The second-order valence-corrected chi connectivity index (χ2v) is 5.90. The number of urea groups is 1. The lowest BCUT2D eigenvalue weighted by Gasteiger charge is -2.19. The van der Waals surface area contributed by atoms with E-state index in [1.807, 2.05) is 30.3 Å². The van der Waals surface area contributed by atoms with Gasteiger partial charge in [0.2, 0.25) is 0 Å². The molecule has 27 heavy (non-hydrogen) atoms. The van der Waals surface area contributed by atoms with Gasteiger partial charge in [0.15, 0.2) is 0 Å². The fourth-order valence-electron chi connectivity index (χ4n) is 2.45. The summed E-state index contributed by atoms with van der Waals surface area (Å²) in [4.78, 5) is 13.8. The maximum Gasteiger partial charge on any atom is 0.488 e. The zero-order valence-corrected chi connectivity index (χ0v) is 14.7. The fourth-order valence-corrected chi connectivity index (χ4v) is 2.45. The average molecular weight is 362 g/mol. The Morgan fingerprint density at radius 3 is 2.26 bits per heavy atom. The molecule has 0 aliphatic carbocycles. The molecule has 2 amide bonds. The van der Waals surface area contributed by atoms with Crippen molar-refractivity contribution in [1.82, 2.24) is 0 Å². The molecule has 0 aliphatic rings. The number of hydrogen-bond donors (Lipinski definition) is 3. The van der Waals surface area contributed by atoms with Gasteiger partial charge in [-0.05, 0) is 54.0 Å². The van der Waals surface area contributed by atoms with Crippen LogP contribution in [0, 0.1) is 0 Å². The SMILES string of the molecule is CN(C(=O)Nc1ccc(Oc2ccccc2)cc1)c1cccc(B(O)O)c1. The largest absolute Gasteiger partial charge is 0.488 e. The van der Waals surface area contributed by atoms with Gasteiger partial charge < -0.3 is 20.1 Å². The highest BCUT2D eigenvalue weighted by Crippen LogP contribution is 2.23. The van der Waals surface area contributed by atoms with Gasteiger partial charge in [-0.15, -0.1) is 0 Å². The van der Waals surface area contributed by atoms with Crippen molar-refractivity contribution in [2.75, 3.05) is 17.3 Å². The van der Waals surface area contributed by atoms with Crippen LogP contribution in [0.5, 0.6) is 11.5 Å². The molecule has 0 aromatic heterocycles. The molecule has 0 fully saturated rings. The standard InChI is InChI=1S/C20H19BN2O4/c1-23(17-7-5-6-15(14-17)21(25)26)20(24)22-16-10-12-19(13-11-16)27-18-8-3-2-4-9-18/h2-14,25-26H,1H3,(H,22,24). The van der Waals surface area contributed by atoms with E-state index in [4.69, 9.17) is 4.74 Å². The summed E-state index contributed by atoms with van der Waals surface area (Å²) in [5.74, 6) is 1.40. The van der Waals surface area contributed by atoms with E-state index in [1.165, 1.54) is 4.90 Å². The Kier molecular flexibility index (Phi) is 5.75. The smallest absolute Gasteiger partial charge is 0.457 e. The lowest BCUT2D eigenvalue weighted by Crippen LogP contribution is -2.34. The van der Waals surface area contributed by atoms with Crippen LogP contribution >= 0.6 is 0 Å². The van der Waals surface area contributed by atoms with Gasteiger partial charge in [-0.3, -0.25) is 4.90 Å². The first-order valence-electron chi connectivity index (χ1n) is 8.37. The first-order chi connectivity index (χ1) is 13.0. The summed E-state index contributed by atoms with van der Waals surface area (Å²) >= 11 is 0. The van der Waals surface area contributed by atoms with Crippen molar-refractivity contribution < 1.29 is 19.6 Å². The molecular weight excluding hydrogens is 343 g/mol. The third-order valence-corrected chi connectivity index (χ3v) is 3.94. The van der Waals surface area contributed by atoms with Gasteiger partial charge in [0.1, 0.15) is 11.5 Å². The Balaban J connectivity index is 1.64. The molecular formula is C20H19BN2O4. The lowest BCUT2D eigenvalue weighted by atomic mass is 9.80. The molecule has 3 N–H and O–H groups in total. The maximum atomic E-state index is 12.4. The zero-order chi connectivity index (χ0) is 19.2. The first-order valence-corrected chi connectivity index (χ1v) is 8.37. The molecule has 3 aromatic rings. The summed E-state index contributed by atoms with van der Waals surface area (Å²) in [6, 6.07) is 22.6. The lowest BCUT2D eigenvalue weighted by molar-refractivity contribution is 0.258. The minimum absolute atomic E-state index is 0.314. The van der Waals surface area contributed by atoms with Crippen molar-refractivity contribution in [1.29, 1.82) is 0 Å². The third-order valence-electron chi connectivity index (χ3n) is 3.94. The number of rotatable bonds is 5. The highest BCUT2D eigenvalue weighted by atomic mass is 16.5. The molecule has 0 unspecified atom stereocenters. The quantitative estimate of drug-likeness (QED) is 0.610. The van der Waals surface area contributed by atoms with Gasteiger partial charge in [0.05, 0.1) is 0 Å². The zero-order valence-electron chi connectivity index (χ0n) is 14.7. The summed E-state index contributed by atoms with van der Waals surface area (Å²) in [6.45, 7) is 0. The molecule has 6 nitrogen and oxygen atoms in total. The van der Waals surface area contributed by atoms with Crippen molar-refractivity contribution in [3.05, 3.63) is 78.9 Å². The minimum atomic E-state index is -1.58.